The van der Waals surface area contributed by atoms with Crippen LogP contribution in [0.2, 0.25) is 70.0 Å². The molecular formula is C21H54O7Si5. The van der Waals surface area contributed by atoms with Gasteiger partial charge in [0.15, 0.2) is 16.6 Å². The van der Waals surface area contributed by atoms with Gasteiger partial charge in [-0.05, 0) is 98.6 Å². The van der Waals surface area contributed by atoms with E-state index in [0.717, 1.165) is 24.2 Å². The topological polar surface area (TPSA) is 64.6 Å². The van der Waals surface area contributed by atoms with E-state index in [-0.39, 0.29) is 0 Å². The molecule has 0 unspecified atom stereocenters. The third kappa shape index (κ3) is 14.2. The lowest BCUT2D eigenvalue weighted by Gasteiger charge is -2.40. The van der Waals surface area contributed by atoms with Crippen molar-refractivity contribution in [3.8, 4) is 0 Å². The van der Waals surface area contributed by atoms with Crippen molar-refractivity contribution >= 4 is 42.6 Å². The summed E-state index contributed by atoms with van der Waals surface area (Å²) in [6.07, 6.45) is 0. The van der Waals surface area contributed by atoms with Gasteiger partial charge in [0.1, 0.15) is 0 Å². The third-order valence-electron chi connectivity index (χ3n) is 5.25. The minimum absolute atomic E-state index is 0.601. The molecule has 0 amide bonds. The molecule has 12 heteroatoms. The maximum atomic E-state index is 6.81. The van der Waals surface area contributed by atoms with Crippen molar-refractivity contribution in [2.45, 2.75) is 105 Å². The predicted octanol–water partition coefficient (Wildman–Crippen LogP) is 6.33. The van der Waals surface area contributed by atoms with E-state index < -0.39 is 42.6 Å². The predicted molar refractivity (Wildman–Crippen MR) is 149 cm³/mol. The Morgan fingerprint density at radius 2 is 0.758 bits per heavy atom. The summed E-state index contributed by atoms with van der Waals surface area (Å²) >= 11 is 0. The molecule has 0 aliphatic carbocycles. The Labute approximate surface area is 210 Å². The minimum Gasteiger partial charge on any atom is -0.437 e. The van der Waals surface area contributed by atoms with E-state index in [0.29, 0.717) is 33.0 Å². The van der Waals surface area contributed by atoms with Crippen LogP contribution in [0.25, 0.3) is 0 Å². The Hall–Kier alpha value is 0.804. The van der Waals surface area contributed by atoms with Gasteiger partial charge in [0.25, 0.3) is 0 Å². The Balaban J connectivity index is 5.12. The van der Waals surface area contributed by atoms with Crippen LogP contribution >= 0.6 is 0 Å². The molecule has 0 N–H and O–H groups in total. The van der Waals surface area contributed by atoms with Crippen molar-refractivity contribution in [3.05, 3.63) is 0 Å². The second-order valence-corrected chi connectivity index (χ2v) is 28.7. The molecule has 0 saturated carbocycles. The normalized spacial score (nSPS) is 14.2. The highest BCUT2D eigenvalue weighted by Crippen LogP contribution is 2.30. The fourth-order valence-electron chi connectivity index (χ4n) is 4.23. The van der Waals surface area contributed by atoms with Gasteiger partial charge < -0.3 is 30.4 Å². The van der Waals surface area contributed by atoms with E-state index in [1.807, 2.05) is 34.6 Å². The van der Waals surface area contributed by atoms with Crippen LogP contribution in [-0.2, 0) is 30.4 Å². The average Bonchev–Trinajstić information content (AvgIpc) is 2.65. The van der Waals surface area contributed by atoms with Gasteiger partial charge >= 0.3 is 25.9 Å². The molecule has 0 fully saturated rings. The summed E-state index contributed by atoms with van der Waals surface area (Å²) in [7, 11) is -11.1. The molecular weight excluding hydrogens is 505 g/mol. The number of hydrogen-bond donors (Lipinski definition) is 0. The van der Waals surface area contributed by atoms with E-state index in [4.69, 9.17) is 30.4 Å². The zero-order valence-electron chi connectivity index (χ0n) is 23.7. The summed E-state index contributed by atoms with van der Waals surface area (Å²) in [5.41, 5.74) is 0. The van der Waals surface area contributed by atoms with Gasteiger partial charge in [0.2, 0.25) is 0 Å². The molecule has 0 rings (SSSR count). The van der Waals surface area contributed by atoms with E-state index in [2.05, 4.69) is 45.8 Å². The molecule has 0 saturated heterocycles. The van der Waals surface area contributed by atoms with Gasteiger partial charge in [-0.1, -0.05) is 0 Å². The largest absolute Gasteiger partial charge is 0.500 e. The summed E-state index contributed by atoms with van der Waals surface area (Å²) in [6.45, 7) is 29.0. The molecule has 0 bridgehead atoms. The highest BCUT2D eigenvalue weighted by atomic mass is 28.5. The molecule has 0 spiro atoms. The average molecular weight is 559 g/mol. The molecule has 0 aromatic rings. The van der Waals surface area contributed by atoms with Crippen LogP contribution in [-0.4, -0.2) is 75.6 Å². The molecule has 0 aliphatic heterocycles. The summed E-state index contributed by atoms with van der Waals surface area (Å²) in [6, 6.07) is 3.71. The fourth-order valence-corrected chi connectivity index (χ4v) is 27.7. The van der Waals surface area contributed by atoms with Gasteiger partial charge in [-0.25, -0.2) is 0 Å². The minimum atomic E-state index is -2.66. The number of rotatable bonds is 20. The van der Waals surface area contributed by atoms with Gasteiger partial charge in [-0.3, -0.25) is 0 Å². The highest BCUT2D eigenvalue weighted by molar-refractivity contribution is 6.88. The Morgan fingerprint density at radius 1 is 0.424 bits per heavy atom. The summed E-state index contributed by atoms with van der Waals surface area (Å²) < 4.78 is 43.8. The van der Waals surface area contributed by atoms with Crippen molar-refractivity contribution in [1.82, 2.24) is 0 Å². The molecule has 0 atom stereocenters. The van der Waals surface area contributed by atoms with E-state index in [1.54, 1.807) is 0 Å². The molecule has 0 heterocycles. The second-order valence-electron chi connectivity index (χ2n) is 10.1. The lowest BCUT2D eigenvalue weighted by atomic mass is 10.9. The highest BCUT2D eigenvalue weighted by Gasteiger charge is 2.45. The van der Waals surface area contributed by atoms with Crippen LogP contribution in [0, 0.1) is 0 Å². The third-order valence-corrected chi connectivity index (χ3v) is 23.5. The van der Waals surface area contributed by atoms with Crippen LogP contribution in [0.1, 0.15) is 34.6 Å². The lowest BCUT2D eigenvalue weighted by Crippen LogP contribution is -2.54. The van der Waals surface area contributed by atoms with Gasteiger partial charge in [0.05, 0.1) is 0 Å². The summed E-state index contributed by atoms with van der Waals surface area (Å²) in [5.74, 6) is 0. The van der Waals surface area contributed by atoms with Crippen LogP contribution in [0.5, 0.6) is 0 Å². The molecule has 0 aromatic heterocycles. The zero-order valence-corrected chi connectivity index (χ0v) is 28.7. The van der Waals surface area contributed by atoms with E-state index in [1.165, 1.54) is 0 Å². The first-order valence-electron chi connectivity index (χ1n) is 12.7. The van der Waals surface area contributed by atoms with E-state index in [9.17, 15) is 0 Å². The Bertz CT molecular complexity index is 512. The second kappa shape index (κ2) is 15.1. The quantitative estimate of drug-likeness (QED) is 0.162. The van der Waals surface area contributed by atoms with Gasteiger partial charge in [-0.15, -0.1) is 0 Å². The first-order chi connectivity index (χ1) is 15.1. The summed E-state index contributed by atoms with van der Waals surface area (Å²) in [4.78, 5) is 0. The summed E-state index contributed by atoms with van der Waals surface area (Å²) in [5, 5.41) is 0. The molecule has 0 radical (unpaired) electrons. The molecule has 7 nitrogen and oxygen atoms in total. The van der Waals surface area contributed by atoms with Crippen LogP contribution in [0.4, 0.5) is 0 Å². The van der Waals surface area contributed by atoms with Crippen LogP contribution in [0.15, 0.2) is 0 Å². The fraction of sp³-hybridized carbons (Fsp3) is 1.00. The first kappa shape index (κ1) is 33.8. The van der Waals surface area contributed by atoms with Crippen LogP contribution in [0.3, 0.4) is 0 Å². The SMILES string of the molecule is CCO[Si](C)(CC[Si](C)(C)O[Si](C)(C)O[Si](C)(C)CC[Si](OCC)(OCC)OCC)OCC. The van der Waals surface area contributed by atoms with Crippen molar-refractivity contribution in [2.24, 2.45) is 0 Å². The van der Waals surface area contributed by atoms with Crippen molar-refractivity contribution in [3.63, 3.8) is 0 Å². The number of hydrogen-bond acceptors (Lipinski definition) is 7. The molecule has 33 heavy (non-hydrogen) atoms. The monoisotopic (exact) mass is 558 g/mol. The maximum Gasteiger partial charge on any atom is 0.500 e. The van der Waals surface area contributed by atoms with Crippen molar-refractivity contribution < 1.29 is 30.4 Å². The molecule has 200 valence electrons. The Kier molecular flexibility index (Phi) is 15.5. The van der Waals surface area contributed by atoms with Gasteiger partial charge in [-0.2, -0.15) is 0 Å². The van der Waals surface area contributed by atoms with Crippen LogP contribution < -0.4 is 0 Å². The lowest BCUT2D eigenvalue weighted by molar-refractivity contribution is 0.0722. The Morgan fingerprint density at radius 3 is 1.09 bits per heavy atom. The van der Waals surface area contributed by atoms with Gasteiger partial charge in [0, 0.05) is 39.1 Å². The van der Waals surface area contributed by atoms with E-state index >= 15 is 0 Å². The smallest absolute Gasteiger partial charge is 0.437 e. The van der Waals surface area contributed by atoms with Crippen molar-refractivity contribution in [1.29, 1.82) is 0 Å². The molecule has 0 aromatic carbocycles. The molecule has 0 aliphatic rings. The van der Waals surface area contributed by atoms with Crippen molar-refractivity contribution in [2.75, 3.05) is 33.0 Å². The maximum absolute atomic E-state index is 6.81. The first-order valence-corrected chi connectivity index (χ1v) is 26.2. The zero-order chi connectivity index (χ0) is 25.8. The standard InChI is InChI=1S/C21H54O7Si5/c1-13-22-32(12,23-14-2)20-18-29(6,7)27-31(10,11)28-30(8,9)19-21-33(24-15-3,25-16-4)26-17-5/h13-21H2,1-12H3.